The molecule has 0 aliphatic carbocycles. The standard InChI is InChI=1S/C48H87NO18/c1-3-5-7-9-11-13-14-15-16-17-18-19-21-23-25-32(53)31(49-36(54)26-24-22-20-12-10-8-6-4-2)30-62-46-42(60)39(57)44(34(28-51)64-46)67-48-43(61)40(58)45(35(29-52)65-48)66-47-41(59)38(56)37(55)33(27-50)63-47/h17-18,23,25,31-35,37-48,50-53,55-61H,3-16,19-22,24,26-30H2,1-2H3,(H,49,54)/b18-17+,25-23+. The molecule has 0 spiro atoms. The second-order valence-electron chi connectivity index (χ2n) is 18.3. The van der Waals surface area contributed by atoms with E-state index in [4.69, 9.17) is 28.4 Å². The van der Waals surface area contributed by atoms with E-state index in [1.807, 2.05) is 6.08 Å². The lowest BCUT2D eigenvalue weighted by molar-refractivity contribution is -0.379. The molecule has 19 nitrogen and oxygen atoms in total. The van der Waals surface area contributed by atoms with Gasteiger partial charge in [-0.15, -0.1) is 0 Å². The summed E-state index contributed by atoms with van der Waals surface area (Å²) in [4.78, 5) is 13.1. The van der Waals surface area contributed by atoms with Crippen LogP contribution in [0, 0.1) is 0 Å². The number of amides is 1. The van der Waals surface area contributed by atoms with Gasteiger partial charge >= 0.3 is 0 Å². The predicted octanol–water partition coefficient (Wildman–Crippen LogP) is 1.25. The highest BCUT2D eigenvalue weighted by molar-refractivity contribution is 5.76. The summed E-state index contributed by atoms with van der Waals surface area (Å²) in [6.07, 6.45) is 2.11. The first kappa shape index (κ1) is 59.6. The normalized spacial score (nSPS) is 33.7. The number of carbonyl (C=O) groups excluding carboxylic acids is 1. The highest BCUT2D eigenvalue weighted by Gasteiger charge is 2.53. The minimum Gasteiger partial charge on any atom is -0.394 e. The van der Waals surface area contributed by atoms with Crippen LogP contribution in [0.15, 0.2) is 24.3 Å². The van der Waals surface area contributed by atoms with Gasteiger partial charge in [0.2, 0.25) is 5.91 Å². The fourth-order valence-corrected chi connectivity index (χ4v) is 8.50. The van der Waals surface area contributed by atoms with E-state index in [1.54, 1.807) is 6.08 Å². The lowest BCUT2D eigenvalue weighted by Gasteiger charge is -2.48. The number of aliphatic hydroxyl groups is 11. The maximum absolute atomic E-state index is 13.1. The van der Waals surface area contributed by atoms with Crippen molar-refractivity contribution in [1.29, 1.82) is 0 Å². The van der Waals surface area contributed by atoms with Crippen molar-refractivity contribution in [2.24, 2.45) is 0 Å². The van der Waals surface area contributed by atoms with Gasteiger partial charge in [0.05, 0.1) is 38.6 Å². The fraction of sp³-hybridized carbons (Fsp3) is 0.896. The summed E-state index contributed by atoms with van der Waals surface area (Å²) in [6.45, 7) is 1.61. The number of allylic oxidation sites excluding steroid dienone is 3. The molecule has 3 fully saturated rings. The lowest BCUT2D eigenvalue weighted by atomic mass is 9.96. The molecule has 0 bridgehead atoms. The molecule has 3 saturated heterocycles. The van der Waals surface area contributed by atoms with E-state index >= 15 is 0 Å². The van der Waals surface area contributed by atoms with Crippen LogP contribution in [0.1, 0.15) is 142 Å². The van der Waals surface area contributed by atoms with Gasteiger partial charge in [-0.1, -0.05) is 128 Å². The van der Waals surface area contributed by atoms with Crippen LogP contribution < -0.4 is 5.32 Å². The average molecular weight is 966 g/mol. The van der Waals surface area contributed by atoms with E-state index < -0.39 is 124 Å². The fourth-order valence-electron chi connectivity index (χ4n) is 8.50. The van der Waals surface area contributed by atoms with Gasteiger partial charge in [-0.2, -0.15) is 0 Å². The van der Waals surface area contributed by atoms with Crippen LogP contribution in [0.3, 0.4) is 0 Å². The van der Waals surface area contributed by atoms with Crippen molar-refractivity contribution < 1.29 is 89.4 Å². The van der Waals surface area contributed by atoms with E-state index in [0.717, 1.165) is 44.9 Å². The first-order valence-corrected chi connectivity index (χ1v) is 25.1. The Morgan fingerprint density at radius 1 is 0.522 bits per heavy atom. The Morgan fingerprint density at radius 2 is 0.955 bits per heavy atom. The number of hydrogen-bond acceptors (Lipinski definition) is 18. The summed E-state index contributed by atoms with van der Waals surface area (Å²) in [7, 11) is 0. The molecule has 12 N–H and O–H groups in total. The number of rotatable bonds is 34. The number of unbranched alkanes of at least 4 members (excludes halogenated alkanes) is 16. The molecule has 3 aliphatic heterocycles. The molecule has 3 rings (SSSR count). The van der Waals surface area contributed by atoms with Crippen molar-refractivity contribution in [3.8, 4) is 0 Å². The van der Waals surface area contributed by atoms with Crippen molar-refractivity contribution in [1.82, 2.24) is 5.32 Å². The van der Waals surface area contributed by atoms with Crippen molar-refractivity contribution in [3.05, 3.63) is 24.3 Å². The molecule has 3 aliphatic rings. The van der Waals surface area contributed by atoms with Crippen molar-refractivity contribution in [2.45, 2.75) is 247 Å². The Hall–Kier alpha value is -1.73. The van der Waals surface area contributed by atoms with E-state index in [-0.39, 0.29) is 18.9 Å². The van der Waals surface area contributed by atoms with Gasteiger partial charge in [-0.25, -0.2) is 0 Å². The van der Waals surface area contributed by atoms with Crippen LogP contribution >= 0.6 is 0 Å². The monoisotopic (exact) mass is 966 g/mol. The van der Waals surface area contributed by atoms with Crippen LogP contribution in [-0.2, 0) is 33.2 Å². The maximum atomic E-state index is 13.1. The predicted molar refractivity (Wildman–Crippen MR) is 245 cm³/mol. The van der Waals surface area contributed by atoms with Gasteiger partial charge < -0.3 is 89.9 Å². The number of carbonyl (C=O) groups is 1. The van der Waals surface area contributed by atoms with Gasteiger partial charge in [-0.3, -0.25) is 4.79 Å². The number of ether oxygens (including phenoxy) is 6. The molecule has 17 unspecified atom stereocenters. The summed E-state index contributed by atoms with van der Waals surface area (Å²) in [5, 5.41) is 119. The van der Waals surface area contributed by atoms with Crippen molar-refractivity contribution in [2.75, 3.05) is 26.4 Å². The van der Waals surface area contributed by atoms with Gasteiger partial charge in [0, 0.05) is 6.42 Å². The maximum Gasteiger partial charge on any atom is 0.220 e. The van der Waals surface area contributed by atoms with E-state index in [9.17, 15) is 61.0 Å². The van der Waals surface area contributed by atoms with Crippen LogP contribution in [0.2, 0.25) is 0 Å². The highest BCUT2D eigenvalue weighted by atomic mass is 16.8. The molecule has 67 heavy (non-hydrogen) atoms. The third-order valence-corrected chi connectivity index (χ3v) is 12.8. The van der Waals surface area contributed by atoms with Crippen LogP contribution in [-0.4, -0.2) is 193 Å². The van der Waals surface area contributed by atoms with Crippen LogP contribution in [0.5, 0.6) is 0 Å². The minimum atomic E-state index is -1.98. The third kappa shape index (κ3) is 20.1. The molecule has 0 radical (unpaired) electrons. The highest BCUT2D eigenvalue weighted by Crippen LogP contribution is 2.33. The molecule has 17 atom stereocenters. The zero-order valence-electron chi connectivity index (χ0n) is 39.9. The molecular weight excluding hydrogens is 879 g/mol. The minimum absolute atomic E-state index is 0.236. The summed E-state index contributed by atoms with van der Waals surface area (Å²) in [5.74, 6) is -0.294. The number of hydrogen-bond donors (Lipinski definition) is 12. The molecule has 19 heteroatoms. The Kier molecular flexibility index (Phi) is 30.0. The third-order valence-electron chi connectivity index (χ3n) is 12.8. The molecule has 3 heterocycles. The Bertz CT molecular complexity index is 1340. The Labute approximate surface area is 397 Å². The smallest absolute Gasteiger partial charge is 0.220 e. The molecule has 1 amide bonds. The first-order chi connectivity index (χ1) is 32.3. The zero-order valence-corrected chi connectivity index (χ0v) is 39.9. The van der Waals surface area contributed by atoms with Gasteiger partial charge in [0.25, 0.3) is 0 Å². The molecule has 392 valence electrons. The molecular formula is C48H87NO18. The van der Waals surface area contributed by atoms with E-state index in [2.05, 4.69) is 31.3 Å². The first-order valence-electron chi connectivity index (χ1n) is 25.1. The topological polar surface area (TPSA) is 307 Å². The van der Waals surface area contributed by atoms with Crippen LogP contribution in [0.4, 0.5) is 0 Å². The number of nitrogens with one attached hydrogen (secondary N) is 1. The lowest BCUT2D eigenvalue weighted by Crippen LogP contribution is -2.66. The molecule has 0 aromatic carbocycles. The summed E-state index contributed by atoms with van der Waals surface area (Å²) in [5.41, 5.74) is 0. The summed E-state index contributed by atoms with van der Waals surface area (Å²) in [6, 6.07) is -0.981. The van der Waals surface area contributed by atoms with E-state index in [1.165, 1.54) is 64.2 Å². The SMILES string of the molecule is CCCCCCCCCC/C=C/CC/C=C/C(O)C(COC1OC(CO)C(OC2OC(CO)C(OC3OC(CO)C(O)C(O)C3O)C(O)C2O)C(O)C1O)NC(=O)CCCCCCCCCC. The van der Waals surface area contributed by atoms with Gasteiger partial charge in [-0.05, 0) is 32.1 Å². The number of aliphatic hydroxyl groups excluding tert-OH is 11. The Morgan fingerprint density at radius 3 is 1.49 bits per heavy atom. The largest absolute Gasteiger partial charge is 0.394 e. The van der Waals surface area contributed by atoms with Gasteiger partial charge in [0.15, 0.2) is 18.9 Å². The van der Waals surface area contributed by atoms with Gasteiger partial charge in [0.1, 0.15) is 73.2 Å². The molecule has 0 saturated carbocycles. The quantitative estimate of drug-likeness (QED) is 0.0319. The zero-order chi connectivity index (χ0) is 49.1. The average Bonchev–Trinajstić information content (AvgIpc) is 3.32. The Balaban J connectivity index is 1.58. The summed E-state index contributed by atoms with van der Waals surface area (Å²) < 4.78 is 34.0. The second kappa shape index (κ2) is 33.8. The summed E-state index contributed by atoms with van der Waals surface area (Å²) >= 11 is 0. The van der Waals surface area contributed by atoms with Crippen molar-refractivity contribution >= 4 is 5.91 Å². The van der Waals surface area contributed by atoms with Crippen LogP contribution in [0.25, 0.3) is 0 Å². The molecule has 0 aromatic heterocycles. The second-order valence-corrected chi connectivity index (χ2v) is 18.3. The van der Waals surface area contributed by atoms with Crippen molar-refractivity contribution in [3.63, 3.8) is 0 Å². The molecule has 0 aromatic rings. The van der Waals surface area contributed by atoms with E-state index in [0.29, 0.717) is 12.8 Å².